The van der Waals surface area contributed by atoms with Gasteiger partial charge >= 0.3 is 0 Å². The molecule has 1 aromatic rings. The number of halogens is 2. The van der Waals surface area contributed by atoms with E-state index in [0.717, 1.165) is 6.42 Å². The second-order valence-corrected chi connectivity index (χ2v) is 10.1. The Morgan fingerprint density at radius 2 is 2.00 bits per heavy atom. The number of nitrogens with two attached hydrogens (primary N) is 1. The van der Waals surface area contributed by atoms with Gasteiger partial charge in [0.1, 0.15) is 6.23 Å². The Morgan fingerprint density at radius 1 is 1.29 bits per heavy atom. The largest absolute Gasteiger partial charge is 0.378 e. The number of carbonyl (C=O) groups excluding carboxylic acids is 1. The molecule has 174 valence electrons. The minimum Gasteiger partial charge on any atom is -0.378 e. The van der Waals surface area contributed by atoms with E-state index in [-0.39, 0.29) is 49.2 Å². The fourth-order valence-electron chi connectivity index (χ4n) is 4.16. The number of amides is 1. The summed E-state index contributed by atoms with van der Waals surface area (Å²) in [5, 5.41) is 9.95. The summed E-state index contributed by atoms with van der Waals surface area (Å²) in [7, 11) is -3.67. The topological polar surface area (TPSA) is 116 Å². The van der Waals surface area contributed by atoms with Crippen LogP contribution in [0.2, 0.25) is 0 Å². The summed E-state index contributed by atoms with van der Waals surface area (Å²) in [6.07, 6.45) is -0.0500. The normalized spacial score (nSPS) is 25.5. The van der Waals surface area contributed by atoms with Crippen LogP contribution in [-0.2, 0) is 14.8 Å². The van der Waals surface area contributed by atoms with E-state index in [1.165, 1.54) is 17.0 Å². The second-order valence-electron chi connectivity index (χ2n) is 8.32. The standard InChI is InChI=1S/C20H30F2N4O4S/c21-20(22)9-8-18(27)25(14-20)13-15(23)11-19(28)26-10-4-5-16(26)12-24-31(29,30)17-6-2-1-3-7-17/h1-3,6-7,15-16,18,24,27H,4-5,8-14,23H2/t15-,16-,18?/m0/s1. The predicted molar refractivity (Wildman–Crippen MR) is 111 cm³/mol. The lowest BCUT2D eigenvalue weighted by Gasteiger charge is -2.38. The molecule has 11 heteroatoms. The number of aliphatic hydroxyl groups excluding tert-OH is 1. The number of rotatable bonds is 8. The first-order valence-electron chi connectivity index (χ1n) is 10.5. The van der Waals surface area contributed by atoms with Crippen LogP contribution >= 0.6 is 0 Å². The summed E-state index contributed by atoms with van der Waals surface area (Å²) in [6.45, 7) is -0.00569. The van der Waals surface area contributed by atoms with Gasteiger partial charge in [-0.05, 0) is 31.4 Å². The van der Waals surface area contributed by atoms with Crippen LogP contribution in [-0.4, -0.2) is 79.6 Å². The van der Waals surface area contributed by atoms with E-state index in [4.69, 9.17) is 5.73 Å². The third-order valence-corrected chi connectivity index (χ3v) is 7.23. The number of aliphatic hydroxyl groups is 1. The molecule has 1 unspecified atom stereocenters. The first kappa shape index (κ1) is 24.0. The highest BCUT2D eigenvalue weighted by atomic mass is 32.2. The quantitative estimate of drug-likeness (QED) is 0.527. The van der Waals surface area contributed by atoms with Gasteiger partial charge in [-0.15, -0.1) is 0 Å². The zero-order chi connectivity index (χ0) is 22.6. The summed E-state index contributed by atoms with van der Waals surface area (Å²) in [5.41, 5.74) is 6.03. The number of benzene rings is 1. The Kier molecular flexibility index (Phi) is 7.63. The lowest BCUT2D eigenvalue weighted by Crippen LogP contribution is -2.53. The van der Waals surface area contributed by atoms with Gasteiger partial charge in [-0.1, -0.05) is 18.2 Å². The van der Waals surface area contributed by atoms with E-state index in [2.05, 4.69) is 4.72 Å². The van der Waals surface area contributed by atoms with E-state index >= 15 is 0 Å². The van der Waals surface area contributed by atoms with Crippen molar-refractivity contribution in [2.75, 3.05) is 26.2 Å². The molecule has 2 aliphatic heterocycles. The summed E-state index contributed by atoms with van der Waals surface area (Å²) >= 11 is 0. The number of sulfonamides is 1. The van der Waals surface area contributed by atoms with Crippen LogP contribution in [0, 0.1) is 0 Å². The minimum atomic E-state index is -3.67. The number of carbonyl (C=O) groups is 1. The van der Waals surface area contributed by atoms with Crippen LogP contribution < -0.4 is 10.5 Å². The molecule has 0 aromatic heterocycles. The van der Waals surface area contributed by atoms with Gasteiger partial charge in [-0.3, -0.25) is 9.69 Å². The molecule has 1 aromatic carbocycles. The average molecular weight is 461 g/mol. The monoisotopic (exact) mass is 460 g/mol. The molecule has 0 saturated carbocycles. The third-order valence-electron chi connectivity index (χ3n) is 5.79. The molecule has 8 nitrogen and oxygen atoms in total. The maximum Gasteiger partial charge on any atom is 0.260 e. The van der Waals surface area contributed by atoms with Crippen molar-refractivity contribution in [2.24, 2.45) is 5.73 Å². The first-order chi connectivity index (χ1) is 14.6. The third kappa shape index (κ3) is 6.42. The van der Waals surface area contributed by atoms with E-state index in [9.17, 15) is 27.1 Å². The average Bonchev–Trinajstić information content (AvgIpc) is 3.19. The number of likely N-dealkylation sites (tertiary alicyclic amines) is 2. The first-order valence-corrected chi connectivity index (χ1v) is 12.0. The second kappa shape index (κ2) is 9.86. The van der Waals surface area contributed by atoms with Crippen LogP contribution in [0.4, 0.5) is 8.78 Å². The maximum atomic E-state index is 13.6. The van der Waals surface area contributed by atoms with Crippen LogP contribution in [0.25, 0.3) is 0 Å². The molecule has 0 spiro atoms. The molecule has 2 aliphatic rings. The van der Waals surface area contributed by atoms with Crippen molar-refractivity contribution < 1.29 is 27.1 Å². The zero-order valence-electron chi connectivity index (χ0n) is 17.3. The number of piperidine rings is 1. The highest BCUT2D eigenvalue weighted by molar-refractivity contribution is 7.89. The number of hydrogen-bond acceptors (Lipinski definition) is 6. The highest BCUT2D eigenvalue weighted by Crippen LogP contribution is 2.29. The van der Waals surface area contributed by atoms with Crippen LogP contribution in [0.15, 0.2) is 35.2 Å². The van der Waals surface area contributed by atoms with Crippen LogP contribution in [0.5, 0.6) is 0 Å². The summed E-state index contributed by atoms with van der Waals surface area (Å²) in [4.78, 5) is 15.7. The fraction of sp³-hybridized carbons (Fsp3) is 0.650. The number of nitrogens with one attached hydrogen (secondary N) is 1. The van der Waals surface area contributed by atoms with E-state index in [1.54, 1.807) is 23.1 Å². The predicted octanol–water partition coefficient (Wildman–Crippen LogP) is 0.723. The molecule has 4 N–H and O–H groups in total. The Bertz CT molecular complexity index is 856. The number of nitrogens with zero attached hydrogens (tertiary/aromatic N) is 2. The summed E-state index contributed by atoms with van der Waals surface area (Å²) in [5.74, 6) is -3.12. The molecule has 2 heterocycles. The molecule has 31 heavy (non-hydrogen) atoms. The molecule has 1 amide bonds. The number of hydrogen-bond donors (Lipinski definition) is 3. The lowest BCUT2D eigenvalue weighted by atomic mass is 10.0. The highest BCUT2D eigenvalue weighted by Gasteiger charge is 2.40. The lowest BCUT2D eigenvalue weighted by molar-refractivity contribution is -0.138. The molecule has 2 saturated heterocycles. The van der Waals surface area contributed by atoms with Crippen molar-refractivity contribution in [3.63, 3.8) is 0 Å². The Labute approximate surface area is 181 Å². The minimum absolute atomic E-state index is 0.0123. The zero-order valence-corrected chi connectivity index (χ0v) is 18.1. The molecule has 3 rings (SSSR count). The van der Waals surface area contributed by atoms with E-state index in [1.807, 2.05) is 0 Å². The van der Waals surface area contributed by atoms with Gasteiger partial charge in [0.25, 0.3) is 5.92 Å². The summed E-state index contributed by atoms with van der Waals surface area (Å²) < 4.78 is 54.6. The van der Waals surface area contributed by atoms with Crippen LogP contribution in [0.1, 0.15) is 32.1 Å². The molecular weight excluding hydrogens is 430 g/mol. The fourth-order valence-corrected chi connectivity index (χ4v) is 5.26. The van der Waals surface area contributed by atoms with E-state index < -0.39 is 34.8 Å². The maximum absolute atomic E-state index is 13.6. The number of alkyl halides is 2. The van der Waals surface area contributed by atoms with Gasteiger partial charge in [0.2, 0.25) is 15.9 Å². The SMILES string of the molecule is N[C@@H](CC(=O)N1CCC[C@H]1CNS(=O)(=O)c1ccccc1)CN1CC(F)(F)CCC1O. The Hall–Kier alpha value is -1.66. The molecule has 0 bridgehead atoms. The molecule has 2 fully saturated rings. The van der Waals surface area contributed by atoms with Crippen molar-refractivity contribution in [2.45, 2.75) is 61.2 Å². The molecular formula is C20H30F2N4O4S. The van der Waals surface area contributed by atoms with Crippen LogP contribution in [0.3, 0.4) is 0 Å². The van der Waals surface area contributed by atoms with Gasteiger partial charge in [0.05, 0.1) is 11.4 Å². The van der Waals surface area contributed by atoms with E-state index in [0.29, 0.717) is 13.0 Å². The molecule has 0 aliphatic carbocycles. The Balaban J connectivity index is 1.52. The summed E-state index contributed by atoms with van der Waals surface area (Å²) in [6, 6.07) is 6.99. The van der Waals surface area contributed by atoms with Crippen molar-refractivity contribution in [1.82, 2.24) is 14.5 Å². The van der Waals surface area contributed by atoms with Gasteiger partial charge in [-0.2, -0.15) is 0 Å². The molecule has 3 atom stereocenters. The van der Waals surface area contributed by atoms with Crippen molar-refractivity contribution in [1.29, 1.82) is 0 Å². The van der Waals surface area contributed by atoms with Crippen molar-refractivity contribution in [3.05, 3.63) is 30.3 Å². The van der Waals surface area contributed by atoms with Gasteiger partial charge < -0.3 is 15.7 Å². The van der Waals surface area contributed by atoms with Crippen molar-refractivity contribution >= 4 is 15.9 Å². The van der Waals surface area contributed by atoms with Gasteiger partial charge in [0.15, 0.2) is 0 Å². The molecule has 0 radical (unpaired) electrons. The van der Waals surface area contributed by atoms with Crippen molar-refractivity contribution in [3.8, 4) is 0 Å². The van der Waals surface area contributed by atoms with Gasteiger partial charge in [-0.25, -0.2) is 21.9 Å². The van der Waals surface area contributed by atoms with Gasteiger partial charge in [0, 0.05) is 44.6 Å². The smallest absolute Gasteiger partial charge is 0.260 e. The Morgan fingerprint density at radius 3 is 2.71 bits per heavy atom.